The number of rotatable bonds is 5. The summed E-state index contributed by atoms with van der Waals surface area (Å²) in [4.78, 5) is 0. The summed E-state index contributed by atoms with van der Waals surface area (Å²) in [7, 11) is 1.62. The molecule has 0 aliphatic rings. The minimum absolute atomic E-state index is 0.0116. The minimum atomic E-state index is -0.566. The highest BCUT2D eigenvalue weighted by Gasteiger charge is 2.15. The maximum Gasteiger partial charge on any atom is 0.126 e. The van der Waals surface area contributed by atoms with E-state index in [9.17, 15) is 8.78 Å². The molecule has 0 fully saturated rings. The molecular formula is C17H19F2NO. The molecule has 21 heavy (non-hydrogen) atoms. The van der Waals surface area contributed by atoms with Gasteiger partial charge >= 0.3 is 0 Å². The van der Waals surface area contributed by atoms with Crippen molar-refractivity contribution in [1.82, 2.24) is 5.32 Å². The number of halogens is 2. The molecular weight excluding hydrogens is 272 g/mol. The van der Waals surface area contributed by atoms with Gasteiger partial charge in [0, 0.05) is 23.7 Å². The molecule has 112 valence electrons. The van der Waals surface area contributed by atoms with E-state index in [1.165, 1.54) is 12.1 Å². The first kappa shape index (κ1) is 15.4. The van der Waals surface area contributed by atoms with E-state index in [2.05, 4.69) is 5.32 Å². The fourth-order valence-corrected chi connectivity index (χ4v) is 2.41. The van der Waals surface area contributed by atoms with Crippen LogP contribution in [0, 0.1) is 11.6 Å². The standard InChI is InChI=1S/C17H19F2NO/c1-11(13-8-14(18)10-15(19)9-13)20-12(2)16-6-4-5-7-17(16)21-3/h4-12,20H,1-3H3/t11?,12-/m1/s1. The SMILES string of the molecule is COc1ccccc1[C@@H](C)NC(C)c1cc(F)cc(F)c1. The van der Waals surface area contributed by atoms with Crippen LogP contribution in [0.4, 0.5) is 8.78 Å². The van der Waals surface area contributed by atoms with Gasteiger partial charge in [0.2, 0.25) is 0 Å². The lowest BCUT2D eigenvalue weighted by Crippen LogP contribution is -2.23. The molecule has 4 heteroatoms. The third-order valence-corrected chi connectivity index (χ3v) is 3.49. The van der Waals surface area contributed by atoms with Gasteiger partial charge in [-0.1, -0.05) is 18.2 Å². The summed E-state index contributed by atoms with van der Waals surface area (Å²) in [5, 5.41) is 3.33. The lowest BCUT2D eigenvalue weighted by Gasteiger charge is -2.22. The van der Waals surface area contributed by atoms with Crippen LogP contribution < -0.4 is 10.1 Å². The second-order valence-electron chi connectivity index (χ2n) is 5.05. The molecule has 0 saturated heterocycles. The van der Waals surface area contributed by atoms with Crippen LogP contribution in [0.1, 0.15) is 37.1 Å². The number of para-hydroxylation sites is 1. The van der Waals surface area contributed by atoms with Crippen LogP contribution in [0.25, 0.3) is 0 Å². The average Bonchev–Trinajstić information content (AvgIpc) is 2.46. The molecule has 2 aromatic carbocycles. The molecule has 2 atom stereocenters. The van der Waals surface area contributed by atoms with Crippen molar-refractivity contribution in [3.8, 4) is 5.75 Å². The molecule has 1 unspecified atom stereocenters. The van der Waals surface area contributed by atoms with E-state index < -0.39 is 11.6 Å². The van der Waals surface area contributed by atoms with E-state index in [4.69, 9.17) is 4.74 Å². The summed E-state index contributed by atoms with van der Waals surface area (Å²) >= 11 is 0. The Labute approximate surface area is 123 Å². The summed E-state index contributed by atoms with van der Waals surface area (Å²) in [5.41, 5.74) is 1.58. The zero-order valence-corrected chi connectivity index (χ0v) is 12.4. The quantitative estimate of drug-likeness (QED) is 0.882. The molecule has 0 aliphatic carbocycles. The van der Waals surface area contributed by atoms with Gasteiger partial charge in [-0.05, 0) is 37.6 Å². The molecule has 0 aromatic heterocycles. The summed E-state index contributed by atoms with van der Waals surface area (Å²) < 4.78 is 31.9. The first-order valence-electron chi connectivity index (χ1n) is 6.86. The van der Waals surface area contributed by atoms with E-state index in [1.807, 2.05) is 38.1 Å². The van der Waals surface area contributed by atoms with Gasteiger partial charge in [0.15, 0.2) is 0 Å². The van der Waals surface area contributed by atoms with Crippen LogP contribution in [0.5, 0.6) is 5.75 Å². The largest absolute Gasteiger partial charge is 0.496 e. The molecule has 0 aliphatic heterocycles. The van der Waals surface area contributed by atoms with Gasteiger partial charge in [-0.15, -0.1) is 0 Å². The topological polar surface area (TPSA) is 21.3 Å². The summed E-state index contributed by atoms with van der Waals surface area (Å²) in [6.07, 6.45) is 0. The van der Waals surface area contributed by atoms with Crippen LogP contribution in [0.15, 0.2) is 42.5 Å². The third kappa shape index (κ3) is 3.79. The average molecular weight is 291 g/mol. The van der Waals surface area contributed by atoms with Gasteiger partial charge in [-0.2, -0.15) is 0 Å². The monoisotopic (exact) mass is 291 g/mol. The first-order valence-corrected chi connectivity index (χ1v) is 6.86. The van der Waals surface area contributed by atoms with Crippen molar-refractivity contribution in [3.63, 3.8) is 0 Å². The van der Waals surface area contributed by atoms with Crippen molar-refractivity contribution in [2.24, 2.45) is 0 Å². The second kappa shape index (κ2) is 6.68. The Morgan fingerprint density at radius 1 is 0.952 bits per heavy atom. The number of ether oxygens (including phenoxy) is 1. The number of hydrogen-bond donors (Lipinski definition) is 1. The number of hydrogen-bond acceptors (Lipinski definition) is 2. The molecule has 2 nitrogen and oxygen atoms in total. The van der Waals surface area contributed by atoms with Crippen LogP contribution in [0.3, 0.4) is 0 Å². The van der Waals surface area contributed by atoms with Gasteiger partial charge in [-0.25, -0.2) is 8.78 Å². The van der Waals surface area contributed by atoms with Crippen LogP contribution in [0.2, 0.25) is 0 Å². The Morgan fingerprint density at radius 2 is 1.57 bits per heavy atom. The predicted molar refractivity (Wildman–Crippen MR) is 79.3 cm³/mol. The maximum absolute atomic E-state index is 13.3. The van der Waals surface area contributed by atoms with Gasteiger partial charge in [0.1, 0.15) is 17.4 Å². The Balaban J connectivity index is 2.16. The van der Waals surface area contributed by atoms with Crippen molar-refractivity contribution < 1.29 is 13.5 Å². The Kier molecular flexibility index (Phi) is 4.91. The van der Waals surface area contributed by atoms with Gasteiger partial charge < -0.3 is 10.1 Å². The maximum atomic E-state index is 13.3. The summed E-state index contributed by atoms with van der Waals surface area (Å²) in [5.74, 6) is -0.345. The molecule has 2 aromatic rings. The Bertz CT molecular complexity index is 595. The molecule has 0 bridgehead atoms. The van der Waals surface area contributed by atoms with Crippen molar-refractivity contribution in [2.45, 2.75) is 25.9 Å². The van der Waals surface area contributed by atoms with Crippen molar-refractivity contribution >= 4 is 0 Å². The van der Waals surface area contributed by atoms with E-state index in [1.54, 1.807) is 7.11 Å². The van der Waals surface area contributed by atoms with Crippen LogP contribution in [-0.4, -0.2) is 7.11 Å². The fourth-order valence-electron chi connectivity index (χ4n) is 2.41. The van der Waals surface area contributed by atoms with Gasteiger partial charge in [0.05, 0.1) is 7.11 Å². The van der Waals surface area contributed by atoms with Gasteiger partial charge in [-0.3, -0.25) is 0 Å². The van der Waals surface area contributed by atoms with Crippen LogP contribution >= 0.6 is 0 Å². The smallest absolute Gasteiger partial charge is 0.126 e. The fraction of sp³-hybridized carbons (Fsp3) is 0.294. The van der Waals surface area contributed by atoms with E-state index in [0.717, 1.165) is 17.4 Å². The molecule has 0 saturated carbocycles. The molecule has 0 radical (unpaired) electrons. The second-order valence-corrected chi connectivity index (χ2v) is 5.05. The third-order valence-electron chi connectivity index (χ3n) is 3.49. The highest BCUT2D eigenvalue weighted by atomic mass is 19.1. The number of methoxy groups -OCH3 is 1. The molecule has 0 spiro atoms. The van der Waals surface area contributed by atoms with Crippen LogP contribution in [-0.2, 0) is 0 Å². The van der Waals surface area contributed by atoms with Crippen molar-refractivity contribution in [2.75, 3.05) is 7.11 Å². The Morgan fingerprint density at radius 3 is 2.19 bits per heavy atom. The zero-order valence-electron chi connectivity index (χ0n) is 12.4. The summed E-state index contributed by atoms with van der Waals surface area (Å²) in [6, 6.07) is 11.1. The molecule has 1 N–H and O–H groups in total. The minimum Gasteiger partial charge on any atom is -0.496 e. The predicted octanol–water partition coefficient (Wildman–Crippen LogP) is 4.39. The van der Waals surface area contributed by atoms with E-state index >= 15 is 0 Å². The van der Waals surface area contributed by atoms with E-state index in [0.29, 0.717) is 5.56 Å². The summed E-state index contributed by atoms with van der Waals surface area (Å²) in [6.45, 7) is 3.87. The zero-order chi connectivity index (χ0) is 15.4. The van der Waals surface area contributed by atoms with Crippen molar-refractivity contribution in [1.29, 1.82) is 0 Å². The van der Waals surface area contributed by atoms with Gasteiger partial charge in [0.25, 0.3) is 0 Å². The lowest BCUT2D eigenvalue weighted by atomic mass is 10.0. The van der Waals surface area contributed by atoms with E-state index in [-0.39, 0.29) is 12.1 Å². The normalized spacial score (nSPS) is 13.8. The highest BCUT2D eigenvalue weighted by molar-refractivity contribution is 5.35. The number of nitrogens with one attached hydrogen (secondary N) is 1. The van der Waals surface area contributed by atoms with Crippen molar-refractivity contribution in [3.05, 3.63) is 65.2 Å². The Hall–Kier alpha value is -1.94. The number of benzene rings is 2. The highest BCUT2D eigenvalue weighted by Crippen LogP contribution is 2.27. The molecule has 0 amide bonds. The first-order chi connectivity index (χ1) is 10.0. The molecule has 2 rings (SSSR count). The molecule has 0 heterocycles. The lowest BCUT2D eigenvalue weighted by molar-refractivity contribution is 0.396.